The van der Waals surface area contributed by atoms with Gasteiger partial charge in [0.1, 0.15) is 5.75 Å². The third kappa shape index (κ3) is 9.93. The van der Waals surface area contributed by atoms with Crippen molar-refractivity contribution >= 4 is 25.3 Å². The van der Waals surface area contributed by atoms with E-state index in [-0.39, 0.29) is 24.8 Å². The molecule has 0 aliphatic carbocycles. The molecule has 0 aromatic heterocycles. The zero-order valence-electron chi connectivity index (χ0n) is 13.8. The Hall–Kier alpha value is -1.07. The SMILES string of the molecule is CCCCCCCC(=O)NCCOP(=O)([O-])Oc1ccc(Cl)cc1. The third-order valence-electron chi connectivity index (χ3n) is 3.21. The van der Waals surface area contributed by atoms with Crippen molar-refractivity contribution in [1.29, 1.82) is 0 Å². The predicted octanol–water partition coefficient (Wildman–Crippen LogP) is 3.68. The molecule has 0 spiro atoms. The van der Waals surface area contributed by atoms with Crippen LogP contribution in [0.2, 0.25) is 5.02 Å². The van der Waals surface area contributed by atoms with Crippen LogP contribution in [0, 0.1) is 0 Å². The van der Waals surface area contributed by atoms with Gasteiger partial charge in [0.15, 0.2) is 0 Å². The van der Waals surface area contributed by atoms with Gasteiger partial charge in [-0.3, -0.25) is 9.36 Å². The smallest absolute Gasteiger partial charge is 0.319 e. The molecule has 0 fully saturated rings. The van der Waals surface area contributed by atoms with E-state index in [4.69, 9.17) is 20.6 Å². The number of hydrogen-bond acceptors (Lipinski definition) is 5. The van der Waals surface area contributed by atoms with Crippen molar-refractivity contribution in [2.45, 2.75) is 45.4 Å². The van der Waals surface area contributed by atoms with Crippen molar-refractivity contribution < 1.29 is 23.3 Å². The zero-order valence-corrected chi connectivity index (χ0v) is 15.5. The first-order valence-corrected chi connectivity index (χ1v) is 9.94. The number of halogens is 1. The van der Waals surface area contributed by atoms with Crippen LogP contribution in [-0.4, -0.2) is 19.1 Å². The molecule has 1 aromatic carbocycles. The first-order chi connectivity index (χ1) is 11.4. The second kappa shape index (κ2) is 11.5. The van der Waals surface area contributed by atoms with Crippen LogP contribution < -0.4 is 14.7 Å². The van der Waals surface area contributed by atoms with Crippen molar-refractivity contribution in [2.75, 3.05) is 13.2 Å². The molecule has 1 atom stereocenters. The van der Waals surface area contributed by atoms with Gasteiger partial charge in [-0.05, 0) is 30.7 Å². The Bertz CT molecular complexity index is 538. The lowest BCUT2D eigenvalue weighted by molar-refractivity contribution is -0.216. The molecule has 136 valence electrons. The fourth-order valence-electron chi connectivity index (χ4n) is 1.98. The zero-order chi connectivity index (χ0) is 17.8. The lowest BCUT2D eigenvalue weighted by atomic mass is 10.1. The minimum atomic E-state index is -4.47. The van der Waals surface area contributed by atoms with Gasteiger partial charge in [-0.2, -0.15) is 0 Å². The molecular weight excluding hydrogens is 353 g/mol. The second-order valence-electron chi connectivity index (χ2n) is 5.34. The summed E-state index contributed by atoms with van der Waals surface area (Å²) < 4.78 is 21.1. The molecule has 1 N–H and O–H groups in total. The minimum absolute atomic E-state index is 0.102. The van der Waals surface area contributed by atoms with Gasteiger partial charge in [0.05, 0.1) is 6.61 Å². The number of amides is 1. The first kappa shape index (κ1) is 21.0. The highest BCUT2D eigenvalue weighted by atomic mass is 35.5. The van der Waals surface area contributed by atoms with E-state index >= 15 is 0 Å². The van der Waals surface area contributed by atoms with E-state index in [1.807, 2.05) is 0 Å². The van der Waals surface area contributed by atoms with Crippen LogP contribution in [0.5, 0.6) is 5.75 Å². The van der Waals surface area contributed by atoms with Crippen LogP contribution in [0.4, 0.5) is 0 Å². The molecule has 0 aliphatic heterocycles. The predicted molar refractivity (Wildman–Crippen MR) is 92.0 cm³/mol. The molecule has 0 bridgehead atoms. The molecule has 0 saturated carbocycles. The fraction of sp³-hybridized carbons (Fsp3) is 0.562. The van der Waals surface area contributed by atoms with Gasteiger partial charge in [-0.15, -0.1) is 0 Å². The summed E-state index contributed by atoms with van der Waals surface area (Å²) in [4.78, 5) is 23.2. The minimum Gasteiger partial charge on any atom is -0.746 e. The molecule has 1 aromatic rings. The van der Waals surface area contributed by atoms with Gasteiger partial charge in [0.2, 0.25) is 5.91 Å². The number of phosphoric acid groups is 1. The van der Waals surface area contributed by atoms with E-state index in [0.717, 1.165) is 25.7 Å². The molecule has 0 radical (unpaired) electrons. The summed E-state index contributed by atoms with van der Waals surface area (Å²) in [5.41, 5.74) is 0. The van der Waals surface area contributed by atoms with Gasteiger partial charge in [-0.1, -0.05) is 44.2 Å². The number of hydrogen-bond donors (Lipinski definition) is 1. The number of phosphoric ester groups is 1. The number of benzene rings is 1. The number of carbonyl (C=O) groups excluding carboxylic acids is 1. The highest BCUT2D eigenvalue weighted by Gasteiger charge is 2.11. The van der Waals surface area contributed by atoms with Crippen molar-refractivity contribution in [3.8, 4) is 5.75 Å². The Kier molecular flexibility index (Phi) is 10.0. The Balaban J connectivity index is 2.15. The van der Waals surface area contributed by atoms with Gasteiger partial charge in [0, 0.05) is 18.0 Å². The third-order valence-corrected chi connectivity index (χ3v) is 4.40. The maximum absolute atomic E-state index is 11.6. The molecule has 1 amide bonds. The van der Waals surface area contributed by atoms with Crippen LogP contribution in [0.1, 0.15) is 45.4 Å². The lowest BCUT2D eigenvalue weighted by Crippen LogP contribution is -2.27. The first-order valence-electron chi connectivity index (χ1n) is 8.10. The molecule has 1 rings (SSSR count). The molecule has 6 nitrogen and oxygen atoms in total. The second-order valence-corrected chi connectivity index (χ2v) is 7.11. The van der Waals surface area contributed by atoms with Crippen LogP contribution in [0.3, 0.4) is 0 Å². The summed E-state index contributed by atoms with van der Waals surface area (Å²) in [5, 5.41) is 3.09. The summed E-state index contributed by atoms with van der Waals surface area (Å²) in [6.45, 7) is 2.08. The molecule has 0 aliphatic rings. The number of unbranched alkanes of at least 4 members (excludes halogenated alkanes) is 4. The van der Waals surface area contributed by atoms with E-state index in [9.17, 15) is 14.3 Å². The van der Waals surface area contributed by atoms with Crippen LogP contribution in [0.25, 0.3) is 0 Å². The largest absolute Gasteiger partial charge is 0.746 e. The maximum atomic E-state index is 11.6. The van der Waals surface area contributed by atoms with Crippen LogP contribution >= 0.6 is 19.4 Å². The Morgan fingerprint density at radius 3 is 2.54 bits per heavy atom. The molecular formula is C16H24ClNO5P-. The van der Waals surface area contributed by atoms with Crippen molar-refractivity contribution in [3.63, 3.8) is 0 Å². The van der Waals surface area contributed by atoms with E-state index in [1.165, 1.54) is 30.7 Å². The van der Waals surface area contributed by atoms with E-state index < -0.39 is 7.82 Å². The normalized spacial score (nSPS) is 13.3. The Morgan fingerprint density at radius 1 is 1.21 bits per heavy atom. The summed E-state index contributed by atoms with van der Waals surface area (Å²) in [6.07, 6.45) is 5.79. The van der Waals surface area contributed by atoms with E-state index in [1.54, 1.807) is 0 Å². The average molecular weight is 377 g/mol. The maximum Gasteiger partial charge on any atom is 0.319 e. The van der Waals surface area contributed by atoms with Crippen molar-refractivity contribution in [3.05, 3.63) is 29.3 Å². The summed E-state index contributed by atoms with van der Waals surface area (Å²) in [7, 11) is -4.47. The molecule has 1 unspecified atom stereocenters. The number of carbonyl (C=O) groups is 1. The van der Waals surface area contributed by atoms with Gasteiger partial charge in [-0.25, -0.2) is 0 Å². The van der Waals surface area contributed by atoms with Gasteiger partial charge >= 0.3 is 7.82 Å². The summed E-state index contributed by atoms with van der Waals surface area (Å²) >= 11 is 5.70. The standard InChI is InChI=1S/C16H25ClNO5P/c1-2-3-4-5-6-7-16(19)18-12-13-22-24(20,21)23-15-10-8-14(17)9-11-15/h8-11H,2-7,12-13H2,1H3,(H,18,19)(H,20,21)/p-1. The van der Waals surface area contributed by atoms with E-state index in [2.05, 4.69) is 12.2 Å². The van der Waals surface area contributed by atoms with Crippen LogP contribution in [0.15, 0.2) is 24.3 Å². The Morgan fingerprint density at radius 2 is 1.88 bits per heavy atom. The van der Waals surface area contributed by atoms with Crippen molar-refractivity contribution in [2.24, 2.45) is 0 Å². The summed E-state index contributed by atoms with van der Waals surface area (Å²) in [6, 6.07) is 5.88. The molecule has 0 heterocycles. The van der Waals surface area contributed by atoms with Gasteiger partial charge < -0.3 is 19.3 Å². The van der Waals surface area contributed by atoms with Crippen molar-refractivity contribution in [1.82, 2.24) is 5.32 Å². The molecule has 24 heavy (non-hydrogen) atoms. The summed E-state index contributed by atoms with van der Waals surface area (Å²) in [5.74, 6) is 0.0169. The highest BCUT2D eigenvalue weighted by molar-refractivity contribution is 7.46. The highest BCUT2D eigenvalue weighted by Crippen LogP contribution is 2.39. The van der Waals surface area contributed by atoms with Crippen LogP contribution in [-0.2, 0) is 13.9 Å². The number of rotatable bonds is 12. The molecule has 0 saturated heterocycles. The van der Waals surface area contributed by atoms with Gasteiger partial charge in [0.25, 0.3) is 0 Å². The lowest BCUT2D eigenvalue weighted by Gasteiger charge is -2.23. The fourth-order valence-corrected chi connectivity index (χ4v) is 2.85. The van der Waals surface area contributed by atoms with E-state index in [0.29, 0.717) is 11.4 Å². The average Bonchev–Trinajstić information content (AvgIpc) is 2.53. The number of nitrogens with one attached hydrogen (secondary N) is 1. The Labute approximate surface area is 148 Å². The molecule has 8 heteroatoms. The monoisotopic (exact) mass is 376 g/mol. The quantitative estimate of drug-likeness (QED) is 0.444. The topological polar surface area (TPSA) is 87.7 Å².